The van der Waals surface area contributed by atoms with Crippen molar-refractivity contribution < 1.29 is 32.3 Å². The van der Waals surface area contributed by atoms with Gasteiger partial charge in [-0.25, -0.2) is 5.43 Å². The van der Waals surface area contributed by atoms with Crippen LogP contribution in [0.3, 0.4) is 0 Å². The Morgan fingerprint density at radius 1 is 1.03 bits per heavy atom. The Labute approximate surface area is 180 Å². The Balaban J connectivity index is 1.56. The summed E-state index contributed by atoms with van der Waals surface area (Å²) in [6, 6.07) is 11.0. The molecule has 1 aliphatic carbocycles. The molecule has 0 saturated heterocycles. The number of hydrazone groups is 1. The van der Waals surface area contributed by atoms with E-state index in [4.69, 9.17) is 4.74 Å². The Bertz CT molecular complexity index is 1040. The highest BCUT2D eigenvalue weighted by Crippen LogP contribution is 2.34. The second kappa shape index (κ2) is 9.94. The molecule has 0 unspecified atom stereocenters. The lowest BCUT2D eigenvalue weighted by molar-refractivity contribution is -0.139. The zero-order valence-electron chi connectivity index (χ0n) is 16.6. The molecule has 3 N–H and O–H groups in total. The third kappa shape index (κ3) is 6.56. The van der Waals surface area contributed by atoms with E-state index in [1.165, 1.54) is 24.4 Å². The molecule has 2 aromatic rings. The van der Waals surface area contributed by atoms with Crippen LogP contribution in [0.5, 0.6) is 5.75 Å². The highest BCUT2D eigenvalue weighted by molar-refractivity contribution is 6.35. The van der Waals surface area contributed by atoms with Gasteiger partial charge in [-0.15, -0.1) is 0 Å². The molecule has 168 valence electrons. The van der Waals surface area contributed by atoms with Crippen molar-refractivity contribution in [2.45, 2.75) is 25.1 Å². The summed E-state index contributed by atoms with van der Waals surface area (Å²) in [4.78, 5) is 35.4. The number of carbonyl (C=O) groups is 3. The fraction of sp³-hybridized carbons (Fsp3) is 0.238. The average Bonchev–Trinajstić information content (AvgIpc) is 3.56. The minimum atomic E-state index is -4.62. The molecule has 2 aromatic carbocycles. The Morgan fingerprint density at radius 3 is 2.44 bits per heavy atom. The van der Waals surface area contributed by atoms with Crippen molar-refractivity contribution in [2.75, 3.05) is 11.9 Å². The summed E-state index contributed by atoms with van der Waals surface area (Å²) in [7, 11) is 0. The number of benzene rings is 2. The van der Waals surface area contributed by atoms with Crippen LogP contribution in [0.25, 0.3) is 0 Å². The number of nitrogens with one attached hydrogen (secondary N) is 3. The maximum Gasteiger partial charge on any atom is 0.418 e. The third-order valence-corrected chi connectivity index (χ3v) is 4.27. The average molecular weight is 448 g/mol. The first-order chi connectivity index (χ1) is 15.2. The molecule has 3 amide bonds. The predicted octanol–water partition coefficient (Wildman–Crippen LogP) is 2.45. The molecule has 0 radical (unpaired) electrons. The van der Waals surface area contributed by atoms with E-state index in [2.05, 4.69) is 21.2 Å². The highest BCUT2D eigenvalue weighted by atomic mass is 19.4. The lowest BCUT2D eigenvalue weighted by Crippen LogP contribution is -2.38. The van der Waals surface area contributed by atoms with Crippen molar-refractivity contribution in [2.24, 2.45) is 5.10 Å². The summed E-state index contributed by atoms with van der Waals surface area (Å²) in [5, 5.41) is 8.39. The first-order valence-electron chi connectivity index (χ1n) is 9.56. The summed E-state index contributed by atoms with van der Waals surface area (Å²) < 4.78 is 44.5. The minimum absolute atomic E-state index is 0.0283. The second-order valence-electron chi connectivity index (χ2n) is 6.86. The smallest absolute Gasteiger partial charge is 0.418 e. The topological polar surface area (TPSA) is 109 Å². The molecule has 1 saturated carbocycles. The van der Waals surface area contributed by atoms with Gasteiger partial charge >= 0.3 is 18.0 Å². The third-order valence-electron chi connectivity index (χ3n) is 4.27. The molecule has 32 heavy (non-hydrogen) atoms. The van der Waals surface area contributed by atoms with E-state index in [0.29, 0.717) is 5.56 Å². The SMILES string of the molecule is O=C(COc1ccccc1/C=N\NC(=O)C(=O)NC1CC1)Nc1ccccc1C(F)(F)F. The fourth-order valence-electron chi connectivity index (χ4n) is 2.58. The van der Waals surface area contributed by atoms with Crippen LogP contribution >= 0.6 is 0 Å². The molecular formula is C21H19F3N4O4. The Morgan fingerprint density at radius 2 is 1.72 bits per heavy atom. The number of hydrogen-bond acceptors (Lipinski definition) is 5. The van der Waals surface area contributed by atoms with Gasteiger partial charge in [0.05, 0.1) is 17.5 Å². The number of halogens is 3. The maximum absolute atomic E-state index is 13.0. The first-order valence-corrected chi connectivity index (χ1v) is 9.56. The van der Waals surface area contributed by atoms with Gasteiger partial charge in [-0.1, -0.05) is 24.3 Å². The minimum Gasteiger partial charge on any atom is -0.483 e. The van der Waals surface area contributed by atoms with Crippen molar-refractivity contribution in [3.05, 3.63) is 59.7 Å². The second-order valence-corrected chi connectivity index (χ2v) is 6.86. The van der Waals surface area contributed by atoms with Gasteiger partial charge in [0.25, 0.3) is 5.91 Å². The van der Waals surface area contributed by atoms with E-state index in [-0.39, 0.29) is 17.5 Å². The number of nitrogens with zero attached hydrogens (tertiary/aromatic N) is 1. The monoisotopic (exact) mass is 448 g/mol. The van der Waals surface area contributed by atoms with Gasteiger partial charge in [0.15, 0.2) is 6.61 Å². The van der Waals surface area contributed by atoms with Crippen LogP contribution < -0.4 is 20.8 Å². The summed E-state index contributed by atoms with van der Waals surface area (Å²) in [6.07, 6.45) is -1.73. The van der Waals surface area contributed by atoms with Crippen LogP contribution in [0.15, 0.2) is 53.6 Å². The molecule has 0 heterocycles. The number of alkyl halides is 3. The van der Waals surface area contributed by atoms with Crippen molar-refractivity contribution in [3.8, 4) is 5.75 Å². The molecule has 0 spiro atoms. The highest BCUT2D eigenvalue weighted by Gasteiger charge is 2.33. The van der Waals surface area contributed by atoms with Gasteiger partial charge in [0.1, 0.15) is 5.75 Å². The number of hydrogen-bond donors (Lipinski definition) is 3. The summed E-state index contributed by atoms with van der Waals surface area (Å²) >= 11 is 0. The summed E-state index contributed by atoms with van der Waals surface area (Å²) in [5.41, 5.74) is 1.11. The number of rotatable bonds is 7. The molecule has 1 fully saturated rings. The molecular weight excluding hydrogens is 429 g/mol. The van der Waals surface area contributed by atoms with Gasteiger partial charge in [-0.05, 0) is 37.1 Å². The van der Waals surface area contributed by atoms with Gasteiger partial charge in [0.2, 0.25) is 0 Å². The molecule has 0 atom stereocenters. The normalized spacial score (nSPS) is 13.5. The zero-order chi connectivity index (χ0) is 23.1. The predicted molar refractivity (Wildman–Crippen MR) is 109 cm³/mol. The zero-order valence-corrected chi connectivity index (χ0v) is 16.6. The molecule has 0 bridgehead atoms. The summed E-state index contributed by atoms with van der Waals surface area (Å²) in [6.45, 7) is -0.562. The van der Waals surface area contributed by atoms with Crippen LogP contribution in [-0.2, 0) is 20.6 Å². The van der Waals surface area contributed by atoms with Crippen LogP contribution in [-0.4, -0.2) is 36.6 Å². The molecule has 8 nitrogen and oxygen atoms in total. The van der Waals surface area contributed by atoms with E-state index in [1.807, 2.05) is 0 Å². The Kier molecular flexibility index (Phi) is 7.08. The van der Waals surface area contributed by atoms with Gasteiger partial charge < -0.3 is 15.4 Å². The van der Waals surface area contributed by atoms with Crippen molar-refractivity contribution in [3.63, 3.8) is 0 Å². The maximum atomic E-state index is 13.0. The molecule has 3 rings (SSSR count). The van der Waals surface area contributed by atoms with E-state index >= 15 is 0 Å². The quantitative estimate of drug-likeness (QED) is 0.343. The van der Waals surface area contributed by atoms with Crippen LogP contribution in [0, 0.1) is 0 Å². The number of amides is 3. The lowest BCUT2D eigenvalue weighted by atomic mass is 10.1. The lowest BCUT2D eigenvalue weighted by Gasteiger charge is -2.14. The van der Waals surface area contributed by atoms with Crippen molar-refractivity contribution in [1.82, 2.24) is 10.7 Å². The van der Waals surface area contributed by atoms with Crippen LogP contribution in [0.4, 0.5) is 18.9 Å². The summed E-state index contributed by atoms with van der Waals surface area (Å²) in [5.74, 6) is -2.30. The van der Waals surface area contributed by atoms with Crippen molar-refractivity contribution >= 4 is 29.6 Å². The molecule has 0 aromatic heterocycles. The van der Waals surface area contributed by atoms with E-state index in [9.17, 15) is 27.6 Å². The number of para-hydroxylation sites is 2. The fourth-order valence-corrected chi connectivity index (χ4v) is 2.58. The van der Waals surface area contributed by atoms with Crippen molar-refractivity contribution in [1.29, 1.82) is 0 Å². The number of anilines is 1. The van der Waals surface area contributed by atoms with Crippen LogP contribution in [0.2, 0.25) is 0 Å². The van der Waals surface area contributed by atoms with E-state index in [0.717, 1.165) is 25.0 Å². The first kappa shape index (κ1) is 22.8. The molecule has 1 aliphatic rings. The van der Waals surface area contributed by atoms with Gasteiger partial charge in [0, 0.05) is 11.6 Å². The Hall–Kier alpha value is -3.89. The van der Waals surface area contributed by atoms with E-state index in [1.54, 1.807) is 18.2 Å². The standard InChI is InChI=1S/C21H19F3N4O4/c22-21(23,24)15-6-2-3-7-16(15)27-18(29)12-32-17-8-4-1-5-13(17)11-25-28-20(31)19(30)26-14-9-10-14/h1-8,11,14H,9-10,12H2,(H,26,30)(H,27,29)(H,28,31)/b25-11-. The van der Waals surface area contributed by atoms with Gasteiger partial charge in [-0.2, -0.15) is 18.3 Å². The van der Waals surface area contributed by atoms with Gasteiger partial charge in [-0.3, -0.25) is 14.4 Å². The van der Waals surface area contributed by atoms with E-state index < -0.39 is 36.1 Å². The number of ether oxygens (including phenoxy) is 1. The largest absolute Gasteiger partial charge is 0.483 e. The molecule has 11 heteroatoms. The van der Waals surface area contributed by atoms with Crippen LogP contribution in [0.1, 0.15) is 24.0 Å². The molecule has 0 aliphatic heterocycles. The number of carbonyl (C=O) groups excluding carboxylic acids is 3.